The lowest BCUT2D eigenvalue weighted by atomic mass is 9.90. The number of likely N-dealkylation sites (N-methyl/N-ethyl adjacent to an activating group) is 1. The van der Waals surface area contributed by atoms with Crippen LogP contribution in [0.2, 0.25) is 0 Å². The Labute approximate surface area is 298 Å². The van der Waals surface area contributed by atoms with Gasteiger partial charge in [-0.05, 0) is 74.3 Å². The lowest BCUT2D eigenvalue weighted by molar-refractivity contribution is -0.678. The van der Waals surface area contributed by atoms with Crippen molar-refractivity contribution in [2.75, 3.05) is 13.6 Å². The van der Waals surface area contributed by atoms with Crippen LogP contribution in [0.15, 0.2) is 66.3 Å². The van der Waals surface area contributed by atoms with Gasteiger partial charge in [-0.2, -0.15) is 5.26 Å². The Morgan fingerprint density at radius 3 is 2.44 bits per heavy atom. The number of ether oxygens (including phenoxy) is 1. The van der Waals surface area contributed by atoms with Crippen molar-refractivity contribution < 1.29 is 45.0 Å². The van der Waals surface area contributed by atoms with E-state index in [1.165, 1.54) is 22.1 Å². The van der Waals surface area contributed by atoms with Crippen molar-refractivity contribution in [1.29, 1.82) is 5.26 Å². The van der Waals surface area contributed by atoms with Crippen LogP contribution in [0.25, 0.3) is 22.1 Å². The zero-order valence-electron chi connectivity index (χ0n) is 26.6. The Kier molecular flexibility index (Phi) is 13.1. The second-order valence-electron chi connectivity index (χ2n) is 11.1. The summed E-state index contributed by atoms with van der Waals surface area (Å²) in [6.45, 7) is 5.82. The van der Waals surface area contributed by atoms with Gasteiger partial charge >= 0.3 is 11.8 Å². The topological polar surface area (TPSA) is 117 Å². The number of aliphatic hydroxyl groups is 1. The van der Waals surface area contributed by atoms with Gasteiger partial charge in [-0.15, -0.1) is 28.4 Å². The number of hydrogen-bond donors (Lipinski definition) is 2. The summed E-state index contributed by atoms with van der Waals surface area (Å²) in [5.74, 6) is -0.927. The number of nitriles is 1. The van der Waals surface area contributed by atoms with Crippen molar-refractivity contribution in [3.05, 3.63) is 106 Å². The monoisotopic (exact) mass is 758 g/mol. The van der Waals surface area contributed by atoms with E-state index in [4.69, 9.17) is 20.1 Å². The van der Waals surface area contributed by atoms with Crippen LogP contribution in [0.3, 0.4) is 0 Å². The van der Waals surface area contributed by atoms with Gasteiger partial charge in [0.1, 0.15) is 29.5 Å². The van der Waals surface area contributed by atoms with Crippen LogP contribution in [-0.2, 0) is 23.5 Å². The Morgan fingerprint density at radius 1 is 1.15 bits per heavy atom. The number of nitrogens with zero attached hydrogens (tertiary/aromatic N) is 5. The maximum atomic E-state index is 14.8. The van der Waals surface area contributed by atoms with Crippen LogP contribution in [0.4, 0.5) is 8.78 Å². The van der Waals surface area contributed by atoms with Crippen molar-refractivity contribution in [2.45, 2.75) is 45.9 Å². The SMILES string of the molecule is CCC(O)(Cn1c[n+](Cc2cc(C)c(OC(=O)CNC)c(C)c2)c(-c2nc(-c3ccc(C#N)cc3)cs2)n1)c1ccc(F)cc1F.Cl.[Br-]. The van der Waals surface area contributed by atoms with Crippen molar-refractivity contribution >= 4 is 29.7 Å². The molecule has 0 spiro atoms. The minimum atomic E-state index is -1.67. The van der Waals surface area contributed by atoms with Crippen LogP contribution in [-0.4, -0.2) is 39.4 Å². The van der Waals surface area contributed by atoms with E-state index in [2.05, 4.69) is 11.4 Å². The van der Waals surface area contributed by atoms with Crippen LogP contribution in [0, 0.1) is 36.8 Å². The molecule has 0 aliphatic carbocycles. The molecule has 5 rings (SSSR count). The molecule has 0 saturated carbocycles. The van der Waals surface area contributed by atoms with E-state index < -0.39 is 17.2 Å². The summed E-state index contributed by atoms with van der Waals surface area (Å²) in [5, 5.41) is 30.8. The number of benzene rings is 3. The highest BCUT2D eigenvalue weighted by molar-refractivity contribution is 7.13. The fourth-order valence-corrected chi connectivity index (χ4v) is 6.13. The van der Waals surface area contributed by atoms with E-state index in [0.717, 1.165) is 34.4 Å². The molecule has 0 aliphatic rings. The molecule has 0 amide bonds. The first-order valence-electron chi connectivity index (χ1n) is 14.6. The second kappa shape index (κ2) is 16.4. The van der Waals surface area contributed by atoms with Gasteiger partial charge < -0.3 is 32.1 Å². The standard InChI is InChI=1S/C34H33F2N6O3S.BrH.ClH/c1-5-34(44,27-11-10-26(35)14-28(27)36)19-42-20-41(17-24-12-21(2)31(22(3)13-24)45-30(43)16-38-4)32(40-42)33-39-29(18-46-33)25-8-6-23(15-37)7-9-25;;/h6-14,18,20,38,44H,5,16-17,19H2,1-4H3;2*1H/q+1;;/p-1. The maximum Gasteiger partial charge on any atom is 0.337 e. The largest absolute Gasteiger partial charge is 1.00 e. The first-order chi connectivity index (χ1) is 22.0. The van der Waals surface area contributed by atoms with Crippen LogP contribution in [0.1, 0.15) is 41.2 Å². The van der Waals surface area contributed by atoms with Gasteiger partial charge in [0.15, 0.2) is 5.01 Å². The summed E-state index contributed by atoms with van der Waals surface area (Å²) in [4.78, 5) is 17.0. The predicted molar refractivity (Wildman–Crippen MR) is 176 cm³/mol. The van der Waals surface area contributed by atoms with E-state index in [1.54, 1.807) is 32.4 Å². The Morgan fingerprint density at radius 2 is 1.83 bits per heavy atom. The van der Waals surface area contributed by atoms with Gasteiger partial charge in [-0.25, -0.2) is 18.3 Å². The van der Waals surface area contributed by atoms with Gasteiger partial charge in [0, 0.05) is 27.7 Å². The number of aryl methyl sites for hydroxylation is 2. The predicted octanol–water partition coefficient (Wildman–Crippen LogP) is 2.62. The molecule has 2 heterocycles. The molecule has 14 heteroatoms. The number of esters is 1. The zero-order chi connectivity index (χ0) is 33.0. The summed E-state index contributed by atoms with van der Waals surface area (Å²) in [6, 6.07) is 16.2. The molecule has 0 saturated heterocycles. The lowest BCUT2D eigenvalue weighted by Crippen LogP contribution is -3.00. The molecule has 5 aromatic rings. The number of rotatable bonds is 11. The van der Waals surface area contributed by atoms with E-state index in [9.17, 15) is 18.7 Å². The van der Waals surface area contributed by atoms with E-state index >= 15 is 0 Å². The molecule has 0 fully saturated rings. The third-order valence-electron chi connectivity index (χ3n) is 7.62. The molecule has 3 aromatic carbocycles. The summed E-state index contributed by atoms with van der Waals surface area (Å²) >= 11 is 1.39. The summed E-state index contributed by atoms with van der Waals surface area (Å²) in [5.41, 5.74) is 2.90. The number of carbonyl (C=O) groups excluding carboxylic acids is 1. The van der Waals surface area contributed by atoms with E-state index in [0.29, 0.717) is 34.4 Å². The maximum absolute atomic E-state index is 14.8. The Balaban J connectivity index is 0.00000312. The molecule has 9 nitrogen and oxygen atoms in total. The first kappa shape index (κ1) is 38.4. The fourth-order valence-electron chi connectivity index (χ4n) is 5.31. The zero-order valence-corrected chi connectivity index (χ0v) is 29.8. The number of hydrogen-bond acceptors (Lipinski definition) is 8. The highest BCUT2D eigenvalue weighted by atomic mass is 79.9. The number of aromatic nitrogens is 4. The van der Waals surface area contributed by atoms with Crippen molar-refractivity contribution in [1.82, 2.24) is 20.1 Å². The van der Waals surface area contributed by atoms with Gasteiger partial charge in [0.25, 0.3) is 0 Å². The van der Waals surface area contributed by atoms with E-state index in [-0.39, 0.29) is 60.4 Å². The molecule has 0 aliphatic heterocycles. The van der Waals surface area contributed by atoms with Crippen molar-refractivity contribution in [2.24, 2.45) is 0 Å². The Bertz CT molecular complexity index is 1920. The molecular weight excluding hydrogens is 726 g/mol. The molecular formula is C34H34BrClF2N6O3S. The fraction of sp³-hybridized carbons (Fsp3) is 0.265. The minimum absolute atomic E-state index is 0. The summed E-state index contributed by atoms with van der Waals surface area (Å²) in [7, 11) is 1.67. The van der Waals surface area contributed by atoms with Crippen LogP contribution in [0.5, 0.6) is 5.75 Å². The summed E-state index contributed by atoms with van der Waals surface area (Å²) in [6.07, 6.45) is 1.88. The van der Waals surface area contributed by atoms with Crippen LogP contribution >= 0.6 is 23.7 Å². The van der Waals surface area contributed by atoms with Gasteiger partial charge in [-0.3, -0.25) is 4.79 Å². The third kappa shape index (κ3) is 8.50. The number of thiazole rings is 1. The average molecular weight is 760 g/mol. The molecule has 2 aromatic heterocycles. The Hall–Kier alpha value is -4.06. The number of halogens is 4. The summed E-state index contributed by atoms with van der Waals surface area (Å²) < 4.78 is 37.5. The minimum Gasteiger partial charge on any atom is -1.00 e. The van der Waals surface area contributed by atoms with Crippen LogP contribution < -0.4 is 31.6 Å². The average Bonchev–Trinajstić information content (AvgIpc) is 3.66. The number of nitrogens with one attached hydrogen (secondary N) is 1. The highest BCUT2D eigenvalue weighted by Crippen LogP contribution is 2.31. The van der Waals surface area contributed by atoms with Gasteiger partial charge in [0.05, 0.1) is 30.4 Å². The van der Waals surface area contributed by atoms with Crippen molar-refractivity contribution in [3.63, 3.8) is 0 Å². The molecule has 2 N–H and O–H groups in total. The molecule has 252 valence electrons. The van der Waals surface area contributed by atoms with Crippen molar-refractivity contribution in [3.8, 4) is 33.9 Å². The number of carbonyl (C=O) groups is 1. The lowest BCUT2D eigenvalue weighted by Gasteiger charge is -2.25. The molecule has 1 atom stereocenters. The normalized spacial score (nSPS) is 12.0. The highest BCUT2D eigenvalue weighted by Gasteiger charge is 2.35. The first-order valence-corrected chi connectivity index (χ1v) is 15.5. The third-order valence-corrected chi connectivity index (χ3v) is 8.46. The molecule has 48 heavy (non-hydrogen) atoms. The second-order valence-corrected chi connectivity index (χ2v) is 11.9. The molecule has 0 radical (unpaired) electrons. The molecule has 1 unspecified atom stereocenters. The quantitative estimate of drug-likeness (QED) is 0.121. The van der Waals surface area contributed by atoms with E-state index in [1.807, 2.05) is 48.1 Å². The molecule has 0 bridgehead atoms. The van der Waals surface area contributed by atoms with Gasteiger partial charge in [-0.1, -0.05) is 25.1 Å². The smallest absolute Gasteiger partial charge is 0.337 e. The van der Waals surface area contributed by atoms with Gasteiger partial charge in [0.2, 0.25) is 6.33 Å².